The molecule has 9 nitrogen and oxygen atoms in total. The molecule has 4 aliphatic heterocycles. The number of ether oxygens (including phenoxy) is 1. The number of benzene rings is 2. The first-order chi connectivity index (χ1) is 26.0. The Labute approximate surface area is 327 Å². The second-order valence-electron chi connectivity index (χ2n) is 17.9. The molecule has 0 spiro atoms. The molecule has 1 N–H and O–H groups in total. The van der Waals surface area contributed by atoms with Crippen LogP contribution in [0, 0.1) is 40.3 Å². The minimum Gasteiger partial charge on any atom is -0.444 e. The van der Waals surface area contributed by atoms with Gasteiger partial charge in [-0.05, 0) is 94.4 Å². The number of carbonyl (C=O) groups excluding carboxylic acids is 2. The van der Waals surface area contributed by atoms with Gasteiger partial charge in [-0.2, -0.15) is 5.26 Å². The molecule has 0 radical (unpaired) electrons. The van der Waals surface area contributed by atoms with E-state index in [9.17, 15) is 20.0 Å². The van der Waals surface area contributed by atoms with Gasteiger partial charge in [0.2, 0.25) is 0 Å². The summed E-state index contributed by atoms with van der Waals surface area (Å²) in [4.78, 5) is 36.0. The standard InChI is InChI=1S/C42H41Cl2F2N5O4/c1-18(52)32-23-16-26(36-28-29-37(41(28,29)5)51(36)38(53)42(46)11-12-42)50(34-20-15-25(34)49(17-20)39(54)55-40(2,3)4)35(23)22-14-19(8-7-13-47)27(31(45)33(22)48-32)21-9-6-10-24(43)30(21)44/h6,9-10,14,16,18,20,25,28-29,34,36-37,52H,7-8,11-12,15,17H2,1-5H3/t18?,20-,25-,28?,29-,34+,36+,37+,41-/m1/s1. The van der Waals surface area contributed by atoms with E-state index in [1.54, 1.807) is 34.9 Å². The number of aromatic nitrogens is 2. The van der Waals surface area contributed by atoms with Gasteiger partial charge in [0, 0.05) is 52.5 Å². The fourth-order valence-electron chi connectivity index (χ4n) is 10.8. The number of aryl methyl sites for hydroxylation is 1. The summed E-state index contributed by atoms with van der Waals surface area (Å²) >= 11 is 13.1. The van der Waals surface area contributed by atoms with Gasteiger partial charge in [0.05, 0.1) is 51.6 Å². The molecule has 55 heavy (non-hydrogen) atoms. The summed E-state index contributed by atoms with van der Waals surface area (Å²) in [5.74, 6) is -0.703. The maximum atomic E-state index is 17.5. The summed E-state index contributed by atoms with van der Waals surface area (Å²) in [5.41, 5.74) is 0.108. The molecule has 4 saturated carbocycles. The largest absolute Gasteiger partial charge is 0.444 e. The summed E-state index contributed by atoms with van der Waals surface area (Å²) in [7, 11) is 0. The molecule has 4 aromatic rings. The molecular weight excluding hydrogens is 747 g/mol. The van der Waals surface area contributed by atoms with E-state index < -0.39 is 41.2 Å². The summed E-state index contributed by atoms with van der Waals surface area (Å²) < 4.78 is 41.2. The fraction of sp³-hybridized carbons (Fsp3) is 0.524. The Bertz CT molecular complexity index is 2450. The topological polar surface area (TPSA) is 112 Å². The summed E-state index contributed by atoms with van der Waals surface area (Å²) in [6, 6.07) is 10.0. The Kier molecular flexibility index (Phi) is 7.30. The van der Waals surface area contributed by atoms with Crippen LogP contribution < -0.4 is 0 Å². The van der Waals surface area contributed by atoms with Gasteiger partial charge in [-0.15, -0.1) is 0 Å². The van der Waals surface area contributed by atoms with Gasteiger partial charge in [-0.25, -0.2) is 18.6 Å². The number of pyridine rings is 1. The molecule has 2 unspecified atom stereocenters. The van der Waals surface area contributed by atoms with Crippen molar-refractivity contribution in [2.24, 2.45) is 23.2 Å². The molecule has 4 aliphatic carbocycles. The van der Waals surface area contributed by atoms with Gasteiger partial charge < -0.3 is 24.2 Å². The van der Waals surface area contributed by atoms with Crippen molar-refractivity contribution >= 4 is 57.0 Å². The number of aliphatic hydroxyl groups is 1. The number of carbonyl (C=O) groups is 2. The Morgan fingerprint density at radius 3 is 2.56 bits per heavy atom. The van der Waals surface area contributed by atoms with E-state index in [4.69, 9.17) is 32.9 Å². The van der Waals surface area contributed by atoms with Gasteiger partial charge in [-0.3, -0.25) is 4.79 Å². The highest BCUT2D eigenvalue weighted by molar-refractivity contribution is 6.43. The number of piperidine rings is 1. The van der Waals surface area contributed by atoms with Crippen LogP contribution in [0.4, 0.5) is 13.6 Å². The second-order valence-corrected chi connectivity index (χ2v) is 18.7. The summed E-state index contributed by atoms with van der Waals surface area (Å²) in [6.07, 6.45) is -0.0470. The van der Waals surface area contributed by atoms with Crippen molar-refractivity contribution in [2.45, 2.75) is 108 Å². The lowest BCUT2D eigenvalue weighted by molar-refractivity contribution is -0.139. The smallest absolute Gasteiger partial charge is 0.410 e. The normalized spacial score (nSPS) is 31.0. The van der Waals surface area contributed by atoms with Crippen molar-refractivity contribution in [3.8, 4) is 17.2 Å². The van der Waals surface area contributed by atoms with Crippen LogP contribution in [0.5, 0.6) is 0 Å². The summed E-state index contributed by atoms with van der Waals surface area (Å²) in [6.45, 7) is 9.72. The van der Waals surface area contributed by atoms with Crippen molar-refractivity contribution < 1.29 is 28.2 Å². The van der Waals surface area contributed by atoms with E-state index in [2.05, 4.69) is 17.6 Å². The Morgan fingerprint density at radius 1 is 1.18 bits per heavy atom. The quantitative estimate of drug-likeness (QED) is 0.200. The maximum Gasteiger partial charge on any atom is 0.410 e. The molecular formula is C42H41Cl2F2N5O4. The molecule has 8 aliphatic rings. The van der Waals surface area contributed by atoms with Crippen LogP contribution in [0.1, 0.15) is 95.4 Å². The number of nitriles is 1. The monoisotopic (exact) mass is 787 g/mol. The first-order valence-corrected chi connectivity index (χ1v) is 20.0. The zero-order valence-electron chi connectivity index (χ0n) is 31.2. The molecule has 286 valence electrons. The maximum absolute atomic E-state index is 17.5. The van der Waals surface area contributed by atoms with E-state index >= 15 is 8.78 Å². The number of hydrogen-bond acceptors (Lipinski definition) is 6. The minimum atomic E-state index is -1.86. The number of amides is 2. The van der Waals surface area contributed by atoms with Crippen molar-refractivity contribution in [3.05, 3.63) is 63.1 Å². The number of aliphatic hydroxyl groups excluding tert-OH is 1. The molecule has 2 amide bonds. The predicted molar refractivity (Wildman–Crippen MR) is 203 cm³/mol. The van der Waals surface area contributed by atoms with E-state index in [1.165, 1.54) is 0 Å². The van der Waals surface area contributed by atoms with Gasteiger partial charge in [0.15, 0.2) is 11.5 Å². The van der Waals surface area contributed by atoms with Crippen LogP contribution in [0.3, 0.4) is 0 Å². The minimum absolute atomic E-state index is 0.0126. The second kappa shape index (κ2) is 11.3. The molecule has 8 fully saturated rings. The van der Waals surface area contributed by atoms with Crippen LogP contribution in [0.25, 0.3) is 32.9 Å². The number of alkyl halides is 1. The SMILES string of the molecule is CC(O)c1nc2c(F)c(-c3cccc(Cl)c3Cl)c(CCC#N)cc2c2c1cc([C@H]1C3[C@@H]4[C@H](N1C(=O)C1(F)CC1)[C@]34C)n2[C@H]1[C@@H]2C[C@H]1N(C(=O)OC(C)(C)C)C2. The van der Waals surface area contributed by atoms with Crippen LogP contribution in [-0.4, -0.2) is 66.4 Å². The molecule has 2 aromatic heterocycles. The van der Waals surface area contributed by atoms with Gasteiger partial charge in [-0.1, -0.05) is 42.3 Å². The van der Waals surface area contributed by atoms with E-state index in [0.717, 1.165) is 12.1 Å². The van der Waals surface area contributed by atoms with Crippen molar-refractivity contribution in [2.75, 3.05) is 6.54 Å². The van der Waals surface area contributed by atoms with Gasteiger partial charge in [0.25, 0.3) is 5.91 Å². The van der Waals surface area contributed by atoms with Gasteiger partial charge >= 0.3 is 6.09 Å². The first-order valence-electron chi connectivity index (χ1n) is 19.2. The average molecular weight is 789 g/mol. The van der Waals surface area contributed by atoms with Crippen LogP contribution >= 0.6 is 23.2 Å². The Hall–Kier alpha value is -3.98. The van der Waals surface area contributed by atoms with Gasteiger partial charge in [0.1, 0.15) is 11.1 Å². The van der Waals surface area contributed by atoms with Crippen LogP contribution in [0.2, 0.25) is 10.0 Å². The highest BCUT2D eigenvalue weighted by Crippen LogP contribution is 2.91. The number of halogens is 4. The molecule has 13 heteroatoms. The predicted octanol–water partition coefficient (Wildman–Crippen LogP) is 9.01. The number of fused-ring (bicyclic) bond motifs is 5. The molecule has 6 heterocycles. The highest BCUT2D eigenvalue weighted by atomic mass is 35.5. The highest BCUT2D eigenvalue weighted by Gasteiger charge is 2.94. The average Bonchev–Trinajstić information content (AvgIpc) is 3.80. The van der Waals surface area contributed by atoms with Crippen molar-refractivity contribution in [3.63, 3.8) is 0 Å². The third-order valence-corrected chi connectivity index (χ3v) is 14.4. The molecule has 9 atom stereocenters. The molecule has 12 rings (SSSR count). The zero-order valence-corrected chi connectivity index (χ0v) is 32.7. The molecule has 2 aromatic carbocycles. The third kappa shape index (κ3) is 4.74. The lowest BCUT2D eigenvalue weighted by Crippen LogP contribution is -2.45. The van der Waals surface area contributed by atoms with E-state index in [-0.39, 0.29) is 93.8 Å². The van der Waals surface area contributed by atoms with Crippen LogP contribution in [-0.2, 0) is 16.0 Å². The Morgan fingerprint density at radius 2 is 1.91 bits per heavy atom. The third-order valence-electron chi connectivity index (χ3n) is 13.6. The number of rotatable bonds is 7. The lowest BCUT2D eigenvalue weighted by atomic mass is 9.79. The zero-order chi connectivity index (χ0) is 38.8. The molecule has 4 bridgehead atoms. The summed E-state index contributed by atoms with van der Waals surface area (Å²) in [5, 5.41) is 22.5. The van der Waals surface area contributed by atoms with E-state index in [1.807, 2.05) is 32.9 Å². The van der Waals surface area contributed by atoms with Crippen molar-refractivity contribution in [1.82, 2.24) is 19.4 Å². The lowest BCUT2D eigenvalue weighted by Gasteiger charge is -2.40. The number of hydrogen-bond donors (Lipinski definition) is 1. The Balaban J connectivity index is 1.25. The first kappa shape index (κ1) is 35.4. The van der Waals surface area contributed by atoms with Crippen molar-refractivity contribution in [1.29, 1.82) is 5.26 Å². The number of nitrogens with zero attached hydrogens (tertiary/aromatic N) is 5. The fourth-order valence-corrected chi connectivity index (χ4v) is 11.2. The molecule has 4 saturated heterocycles. The van der Waals surface area contributed by atoms with E-state index in [0.29, 0.717) is 34.0 Å². The van der Waals surface area contributed by atoms with Crippen LogP contribution in [0.15, 0.2) is 30.3 Å².